The molecule has 0 amide bonds. The van der Waals surface area contributed by atoms with Crippen molar-refractivity contribution in [3.8, 4) is 5.75 Å². The fourth-order valence-corrected chi connectivity index (χ4v) is 1.59. The maximum absolute atomic E-state index is 11.8. The molecule has 1 unspecified atom stereocenters. The van der Waals surface area contributed by atoms with Crippen LogP contribution in [0.25, 0.3) is 0 Å². The third-order valence-corrected chi connectivity index (χ3v) is 2.77. The second-order valence-corrected chi connectivity index (χ2v) is 4.12. The molecule has 0 aliphatic heterocycles. The summed E-state index contributed by atoms with van der Waals surface area (Å²) in [7, 11) is 0. The van der Waals surface area contributed by atoms with Crippen molar-refractivity contribution in [2.24, 2.45) is 0 Å². The highest BCUT2D eigenvalue weighted by Crippen LogP contribution is 2.20. The number of ether oxygens (including phenoxy) is 1. The minimum atomic E-state index is -0.683. The van der Waals surface area contributed by atoms with Crippen molar-refractivity contribution >= 4 is 11.9 Å². The molecule has 2 aromatic rings. The van der Waals surface area contributed by atoms with Gasteiger partial charge in [0, 0.05) is 12.4 Å². The van der Waals surface area contributed by atoms with Crippen LogP contribution in [0.1, 0.15) is 28.8 Å². The molecule has 1 atom stereocenters. The van der Waals surface area contributed by atoms with Crippen LogP contribution in [-0.2, 0) is 9.53 Å². The number of carbonyl (C=O) groups is 2. The lowest BCUT2D eigenvalue weighted by Gasteiger charge is -2.10. The van der Waals surface area contributed by atoms with E-state index >= 15 is 0 Å². The van der Waals surface area contributed by atoms with Crippen LogP contribution in [0.4, 0.5) is 0 Å². The van der Waals surface area contributed by atoms with Crippen LogP contribution in [0.5, 0.6) is 5.75 Å². The van der Waals surface area contributed by atoms with Crippen molar-refractivity contribution in [1.82, 2.24) is 4.98 Å². The summed E-state index contributed by atoms with van der Waals surface area (Å²) in [5.41, 5.74) is 0.968. The topological polar surface area (TPSA) is 79.4 Å². The quantitative estimate of drug-likeness (QED) is 0.654. The highest BCUT2D eigenvalue weighted by atomic mass is 16.6. The number of H-pyrrole nitrogens is 1. The third-order valence-electron chi connectivity index (χ3n) is 2.77. The molecule has 0 aliphatic carbocycles. The summed E-state index contributed by atoms with van der Waals surface area (Å²) in [4.78, 5) is 26.1. The Kier molecular flexibility index (Phi) is 3.66. The Balaban J connectivity index is 2.03. The average Bonchev–Trinajstić information content (AvgIpc) is 2.92. The van der Waals surface area contributed by atoms with Crippen LogP contribution in [0.3, 0.4) is 0 Å². The molecule has 1 aromatic heterocycles. The van der Waals surface area contributed by atoms with E-state index in [9.17, 15) is 14.7 Å². The minimum Gasteiger partial charge on any atom is -0.508 e. The van der Waals surface area contributed by atoms with Gasteiger partial charge in [-0.1, -0.05) is 12.1 Å². The number of aromatic nitrogens is 1. The molecule has 19 heavy (non-hydrogen) atoms. The number of benzene rings is 1. The van der Waals surface area contributed by atoms with E-state index in [2.05, 4.69) is 4.98 Å². The Labute approximate surface area is 109 Å². The molecule has 5 heteroatoms. The number of phenols is 1. The maximum Gasteiger partial charge on any atom is 0.347 e. The summed E-state index contributed by atoms with van der Waals surface area (Å²) >= 11 is 0. The van der Waals surface area contributed by atoms with Crippen LogP contribution in [0, 0.1) is 0 Å². The Bertz CT molecular complexity index is 572. The van der Waals surface area contributed by atoms with E-state index in [1.807, 2.05) is 0 Å². The summed E-state index contributed by atoms with van der Waals surface area (Å²) in [6.45, 7) is 1.64. The molecule has 0 fully saturated rings. The lowest BCUT2D eigenvalue weighted by atomic mass is 10.0. The monoisotopic (exact) mass is 259 g/mol. The zero-order valence-corrected chi connectivity index (χ0v) is 10.3. The number of carbonyl (C=O) groups excluding carboxylic acids is 2. The first-order chi connectivity index (χ1) is 9.08. The van der Waals surface area contributed by atoms with Crippen molar-refractivity contribution in [2.45, 2.75) is 12.8 Å². The number of hydrogen-bond donors (Lipinski definition) is 2. The van der Waals surface area contributed by atoms with Gasteiger partial charge < -0.3 is 14.8 Å². The molecule has 0 saturated carbocycles. The summed E-state index contributed by atoms with van der Waals surface area (Å²) < 4.78 is 4.78. The predicted molar refractivity (Wildman–Crippen MR) is 67.7 cm³/mol. The Morgan fingerprint density at radius 1 is 1.21 bits per heavy atom. The van der Waals surface area contributed by atoms with Crippen molar-refractivity contribution in [2.75, 3.05) is 0 Å². The molecule has 0 bridgehead atoms. The highest BCUT2D eigenvalue weighted by molar-refractivity contribution is 5.98. The van der Waals surface area contributed by atoms with Gasteiger partial charge in [0.1, 0.15) is 5.75 Å². The van der Waals surface area contributed by atoms with E-state index in [1.165, 1.54) is 24.4 Å². The number of nitrogens with one attached hydrogen (secondary N) is 1. The lowest BCUT2D eigenvalue weighted by molar-refractivity contribution is -0.139. The molecular weight excluding hydrogens is 246 g/mol. The number of hydrogen-bond acceptors (Lipinski definition) is 4. The summed E-state index contributed by atoms with van der Waals surface area (Å²) in [5.74, 6) is -1.77. The van der Waals surface area contributed by atoms with Crippen molar-refractivity contribution < 1.29 is 19.4 Å². The van der Waals surface area contributed by atoms with E-state index in [4.69, 9.17) is 4.74 Å². The van der Waals surface area contributed by atoms with Gasteiger partial charge in [-0.15, -0.1) is 0 Å². The molecule has 0 saturated heterocycles. The van der Waals surface area contributed by atoms with Gasteiger partial charge >= 0.3 is 11.9 Å². The molecule has 0 radical (unpaired) electrons. The number of aromatic amines is 1. The second-order valence-electron chi connectivity index (χ2n) is 4.12. The van der Waals surface area contributed by atoms with E-state index in [-0.39, 0.29) is 5.75 Å². The van der Waals surface area contributed by atoms with Gasteiger partial charge in [-0.3, -0.25) is 4.79 Å². The average molecular weight is 259 g/mol. The first-order valence-electron chi connectivity index (χ1n) is 5.75. The van der Waals surface area contributed by atoms with E-state index in [1.54, 1.807) is 25.3 Å². The normalized spacial score (nSPS) is 11.8. The standard InChI is InChI=1S/C14H13NO4/c1-9(10-2-4-12(16)5-3-10)13(17)19-14(18)11-6-7-15-8-11/h2-9,15-16H,1H3. The molecule has 1 heterocycles. The van der Waals surface area contributed by atoms with Crippen molar-refractivity contribution in [3.63, 3.8) is 0 Å². The van der Waals surface area contributed by atoms with Crippen molar-refractivity contribution in [3.05, 3.63) is 53.9 Å². The van der Waals surface area contributed by atoms with Gasteiger partial charge in [-0.25, -0.2) is 4.79 Å². The first-order valence-corrected chi connectivity index (χ1v) is 5.75. The van der Waals surface area contributed by atoms with Crippen LogP contribution < -0.4 is 0 Å². The van der Waals surface area contributed by atoms with Crippen molar-refractivity contribution in [1.29, 1.82) is 0 Å². The second kappa shape index (κ2) is 5.39. The molecule has 98 valence electrons. The first kappa shape index (κ1) is 12.9. The van der Waals surface area contributed by atoms with Gasteiger partial charge in [0.05, 0.1) is 11.5 Å². The maximum atomic E-state index is 11.8. The van der Waals surface area contributed by atoms with Gasteiger partial charge in [-0.2, -0.15) is 0 Å². The Morgan fingerprint density at radius 3 is 2.47 bits per heavy atom. The minimum absolute atomic E-state index is 0.118. The zero-order chi connectivity index (χ0) is 13.8. The van der Waals surface area contributed by atoms with Crippen LogP contribution in [0.2, 0.25) is 0 Å². The SMILES string of the molecule is CC(C(=O)OC(=O)c1cc[nH]c1)c1ccc(O)cc1. The van der Waals surface area contributed by atoms with E-state index < -0.39 is 17.9 Å². The smallest absolute Gasteiger partial charge is 0.347 e. The fourth-order valence-electron chi connectivity index (χ4n) is 1.59. The molecule has 0 aliphatic rings. The van der Waals surface area contributed by atoms with E-state index in [0.717, 1.165) is 0 Å². The van der Waals surface area contributed by atoms with Gasteiger partial charge in [0.2, 0.25) is 0 Å². The zero-order valence-electron chi connectivity index (χ0n) is 10.3. The summed E-state index contributed by atoms with van der Waals surface area (Å²) in [5, 5.41) is 9.17. The lowest BCUT2D eigenvalue weighted by Crippen LogP contribution is -2.17. The fraction of sp³-hybridized carbons (Fsp3) is 0.143. The largest absolute Gasteiger partial charge is 0.508 e. The summed E-state index contributed by atoms with van der Waals surface area (Å²) in [6.07, 6.45) is 3.03. The van der Waals surface area contributed by atoms with Crippen LogP contribution in [0.15, 0.2) is 42.7 Å². The van der Waals surface area contributed by atoms with Gasteiger partial charge in [-0.05, 0) is 30.7 Å². The summed E-state index contributed by atoms with van der Waals surface area (Å²) in [6, 6.07) is 7.71. The number of esters is 2. The van der Waals surface area contributed by atoms with Crippen LogP contribution in [-0.4, -0.2) is 22.0 Å². The molecule has 0 spiro atoms. The van der Waals surface area contributed by atoms with Gasteiger partial charge in [0.25, 0.3) is 0 Å². The highest BCUT2D eigenvalue weighted by Gasteiger charge is 2.21. The number of phenolic OH excluding ortho intramolecular Hbond substituents is 1. The number of aromatic hydroxyl groups is 1. The molecule has 2 N–H and O–H groups in total. The van der Waals surface area contributed by atoms with E-state index in [0.29, 0.717) is 11.1 Å². The Morgan fingerprint density at radius 2 is 1.89 bits per heavy atom. The molecule has 2 rings (SSSR count). The predicted octanol–water partition coefficient (Wildman–Crippen LogP) is 2.21. The van der Waals surface area contributed by atoms with Crippen LogP contribution >= 0.6 is 0 Å². The third kappa shape index (κ3) is 3.01. The number of rotatable bonds is 3. The molecule has 1 aromatic carbocycles. The Hall–Kier alpha value is -2.56. The molecular formula is C14H13NO4. The molecule has 5 nitrogen and oxygen atoms in total. The van der Waals surface area contributed by atoms with Gasteiger partial charge in [0.15, 0.2) is 0 Å².